The molecule has 1 aliphatic heterocycles. The zero-order valence-corrected chi connectivity index (χ0v) is 12.8. The van der Waals surface area contributed by atoms with Crippen LogP contribution in [-0.4, -0.2) is 47.6 Å². The highest BCUT2D eigenvalue weighted by Gasteiger charge is 2.35. The summed E-state index contributed by atoms with van der Waals surface area (Å²) in [6.45, 7) is 8.05. The van der Waals surface area contributed by atoms with Crippen molar-refractivity contribution in [1.29, 1.82) is 0 Å². The maximum absolute atomic E-state index is 13.5. The van der Waals surface area contributed by atoms with E-state index < -0.39 is 11.4 Å². The van der Waals surface area contributed by atoms with E-state index >= 15 is 0 Å². The lowest BCUT2D eigenvalue weighted by molar-refractivity contribution is -0.0370. The van der Waals surface area contributed by atoms with Crippen molar-refractivity contribution in [1.82, 2.24) is 9.88 Å². The van der Waals surface area contributed by atoms with Gasteiger partial charge in [0.25, 0.3) is 5.91 Å². The van der Waals surface area contributed by atoms with E-state index in [1.54, 1.807) is 4.90 Å². The summed E-state index contributed by atoms with van der Waals surface area (Å²) >= 11 is 0. The molecule has 1 amide bonds. The molecular formula is C15H22FN3O2. The normalized spacial score (nSPS) is 17.6. The van der Waals surface area contributed by atoms with Gasteiger partial charge in [0.2, 0.25) is 0 Å². The summed E-state index contributed by atoms with van der Waals surface area (Å²) in [7, 11) is 0. The molecule has 6 heteroatoms. The van der Waals surface area contributed by atoms with Gasteiger partial charge in [-0.25, -0.2) is 9.37 Å². The monoisotopic (exact) mass is 295 g/mol. The summed E-state index contributed by atoms with van der Waals surface area (Å²) in [6.07, 6.45) is 2.02. The van der Waals surface area contributed by atoms with Gasteiger partial charge in [-0.15, -0.1) is 0 Å². The van der Waals surface area contributed by atoms with Crippen LogP contribution in [0.2, 0.25) is 0 Å². The Labute approximate surface area is 124 Å². The largest absolute Gasteiger partial charge is 0.377 e. The number of nitrogens with zero attached hydrogens (tertiary/aromatic N) is 2. The van der Waals surface area contributed by atoms with Crippen LogP contribution < -0.4 is 5.32 Å². The highest BCUT2D eigenvalue weighted by atomic mass is 19.1. The second-order valence-corrected chi connectivity index (χ2v) is 5.80. The summed E-state index contributed by atoms with van der Waals surface area (Å²) in [6, 6.07) is 1.25. The topological polar surface area (TPSA) is 54.5 Å². The summed E-state index contributed by atoms with van der Waals surface area (Å²) in [4.78, 5) is 18.5. The number of pyridine rings is 1. The average molecular weight is 295 g/mol. The van der Waals surface area contributed by atoms with Gasteiger partial charge < -0.3 is 15.0 Å². The number of halogens is 1. The van der Waals surface area contributed by atoms with E-state index in [9.17, 15) is 9.18 Å². The number of morpholine rings is 1. The third-order valence-corrected chi connectivity index (χ3v) is 3.52. The van der Waals surface area contributed by atoms with Crippen LogP contribution in [0.4, 0.5) is 10.2 Å². The van der Waals surface area contributed by atoms with Crippen LogP contribution in [0.15, 0.2) is 12.3 Å². The minimum atomic E-state index is -0.508. The number of aromatic nitrogens is 1. The first-order chi connectivity index (χ1) is 9.95. The third-order valence-electron chi connectivity index (χ3n) is 3.52. The zero-order valence-electron chi connectivity index (χ0n) is 12.8. The fraction of sp³-hybridized carbons (Fsp3) is 0.600. The molecule has 0 atom stereocenters. The summed E-state index contributed by atoms with van der Waals surface area (Å²) in [5, 5.41) is 3.08. The van der Waals surface area contributed by atoms with E-state index in [2.05, 4.69) is 10.3 Å². The van der Waals surface area contributed by atoms with Gasteiger partial charge in [-0.2, -0.15) is 0 Å². The Balaban J connectivity index is 2.30. The minimum Gasteiger partial charge on any atom is -0.377 e. The Bertz CT molecular complexity index is 520. The first kappa shape index (κ1) is 15.7. The molecule has 0 radical (unpaired) electrons. The maximum Gasteiger partial charge on any atom is 0.258 e. The van der Waals surface area contributed by atoms with Crippen molar-refractivity contribution in [2.24, 2.45) is 0 Å². The smallest absolute Gasteiger partial charge is 0.258 e. The van der Waals surface area contributed by atoms with Gasteiger partial charge in [-0.3, -0.25) is 4.79 Å². The summed E-state index contributed by atoms with van der Waals surface area (Å²) in [5.74, 6) is -0.286. The van der Waals surface area contributed by atoms with Gasteiger partial charge in [0.05, 0.1) is 30.5 Å². The lowest BCUT2D eigenvalue weighted by Gasteiger charge is -2.42. The predicted octanol–water partition coefficient (Wildman–Crippen LogP) is 2.29. The molecule has 116 valence electrons. The molecule has 0 bridgehead atoms. The maximum atomic E-state index is 13.5. The van der Waals surface area contributed by atoms with Gasteiger partial charge in [0.1, 0.15) is 11.6 Å². The van der Waals surface area contributed by atoms with Gasteiger partial charge in [-0.1, -0.05) is 6.92 Å². The minimum absolute atomic E-state index is 0.214. The Morgan fingerprint density at radius 3 is 3.00 bits per heavy atom. The Morgan fingerprint density at radius 1 is 1.57 bits per heavy atom. The molecule has 1 aliphatic rings. The number of hydrogen-bond acceptors (Lipinski definition) is 4. The van der Waals surface area contributed by atoms with Crippen LogP contribution in [0.3, 0.4) is 0 Å². The van der Waals surface area contributed by atoms with E-state index in [0.29, 0.717) is 32.1 Å². The number of anilines is 1. The molecule has 0 spiro atoms. The molecule has 0 saturated carbocycles. The molecule has 21 heavy (non-hydrogen) atoms. The standard InChI is InChI=1S/C15H22FN3O2/c1-4-5-17-13-12(8-11(16)9-18-13)14(20)19-6-7-21-10-15(19,2)3/h8-9H,4-7,10H2,1-3H3,(H,17,18). The van der Waals surface area contributed by atoms with Crippen molar-refractivity contribution in [3.63, 3.8) is 0 Å². The average Bonchev–Trinajstić information content (AvgIpc) is 2.45. The van der Waals surface area contributed by atoms with Gasteiger partial charge in [0.15, 0.2) is 0 Å². The summed E-state index contributed by atoms with van der Waals surface area (Å²) < 4.78 is 18.9. The Kier molecular flexibility index (Phi) is 4.77. The van der Waals surface area contributed by atoms with Crippen LogP contribution >= 0.6 is 0 Å². The number of rotatable bonds is 4. The highest BCUT2D eigenvalue weighted by Crippen LogP contribution is 2.24. The molecule has 1 aromatic rings. The van der Waals surface area contributed by atoms with Gasteiger partial charge in [-0.05, 0) is 26.3 Å². The lowest BCUT2D eigenvalue weighted by atomic mass is 10.0. The number of ether oxygens (including phenoxy) is 1. The molecule has 1 saturated heterocycles. The predicted molar refractivity (Wildman–Crippen MR) is 78.9 cm³/mol. The van der Waals surface area contributed by atoms with Crippen molar-refractivity contribution in [3.05, 3.63) is 23.6 Å². The first-order valence-corrected chi connectivity index (χ1v) is 7.25. The van der Waals surface area contributed by atoms with Crippen molar-refractivity contribution in [2.45, 2.75) is 32.7 Å². The van der Waals surface area contributed by atoms with Crippen LogP contribution in [0, 0.1) is 5.82 Å². The van der Waals surface area contributed by atoms with E-state index in [1.807, 2.05) is 20.8 Å². The zero-order chi connectivity index (χ0) is 15.5. The molecule has 0 aliphatic carbocycles. The van der Waals surface area contributed by atoms with Crippen LogP contribution in [0.1, 0.15) is 37.6 Å². The number of hydrogen-bond donors (Lipinski definition) is 1. The molecule has 1 aromatic heterocycles. The van der Waals surface area contributed by atoms with E-state index in [4.69, 9.17) is 4.74 Å². The molecule has 1 N–H and O–H groups in total. The molecule has 0 unspecified atom stereocenters. The first-order valence-electron chi connectivity index (χ1n) is 7.25. The number of amides is 1. The third kappa shape index (κ3) is 3.50. The number of carbonyl (C=O) groups is 1. The fourth-order valence-electron chi connectivity index (χ4n) is 2.37. The molecule has 0 aromatic carbocycles. The van der Waals surface area contributed by atoms with Crippen molar-refractivity contribution < 1.29 is 13.9 Å². The molecule has 2 heterocycles. The van der Waals surface area contributed by atoms with Crippen LogP contribution in [-0.2, 0) is 4.74 Å². The number of nitrogens with one attached hydrogen (secondary N) is 1. The summed E-state index contributed by atoms with van der Waals surface area (Å²) in [5.41, 5.74) is -0.137. The van der Waals surface area contributed by atoms with Crippen LogP contribution in [0.5, 0.6) is 0 Å². The Hall–Kier alpha value is -1.69. The molecular weight excluding hydrogens is 273 g/mol. The fourth-order valence-corrected chi connectivity index (χ4v) is 2.37. The van der Waals surface area contributed by atoms with Gasteiger partial charge >= 0.3 is 0 Å². The van der Waals surface area contributed by atoms with Crippen LogP contribution in [0.25, 0.3) is 0 Å². The van der Waals surface area contributed by atoms with E-state index in [-0.39, 0.29) is 11.5 Å². The number of carbonyl (C=O) groups excluding carboxylic acids is 1. The molecule has 5 nitrogen and oxygen atoms in total. The van der Waals surface area contributed by atoms with Crippen molar-refractivity contribution in [2.75, 3.05) is 31.6 Å². The quantitative estimate of drug-likeness (QED) is 0.926. The SMILES string of the molecule is CCCNc1ncc(F)cc1C(=O)N1CCOCC1(C)C. The van der Waals surface area contributed by atoms with Gasteiger partial charge in [0, 0.05) is 13.1 Å². The Morgan fingerprint density at radius 2 is 2.33 bits per heavy atom. The lowest BCUT2D eigenvalue weighted by Crippen LogP contribution is -2.55. The molecule has 1 fully saturated rings. The van der Waals surface area contributed by atoms with Crippen molar-refractivity contribution >= 4 is 11.7 Å². The highest BCUT2D eigenvalue weighted by molar-refractivity contribution is 5.99. The second kappa shape index (κ2) is 6.39. The van der Waals surface area contributed by atoms with E-state index in [1.165, 1.54) is 6.07 Å². The van der Waals surface area contributed by atoms with Crippen molar-refractivity contribution in [3.8, 4) is 0 Å². The molecule has 2 rings (SSSR count). The second-order valence-electron chi connectivity index (χ2n) is 5.80. The van der Waals surface area contributed by atoms with E-state index in [0.717, 1.165) is 12.6 Å².